The number of likely N-dealkylation sites (N-methyl/N-ethyl adjacent to an activating group) is 1. The van der Waals surface area contributed by atoms with Crippen molar-refractivity contribution < 1.29 is 27.6 Å². The quantitative estimate of drug-likeness (QED) is 0.575. The summed E-state index contributed by atoms with van der Waals surface area (Å²) in [6.07, 6.45) is 1.54. The van der Waals surface area contributed by atoms with E-state index in [2.05, 4.69) is 0 Å². The highest BCUT2D eigenvalue weighted by Crippen LogP contribution is 2.26. The minimum atomic E-state index is -4.13. The topological polar surface area (TPSA) is 121 Å². The summed E-state index contributed by atoms with van der Waals surface area (Å²) >= 11 is 0. The Bertz CT molecular complexity index is 801. The van der Waals surface area contributed by atoms with Crippen LogP contribution in [-0.2, 0) is 14.8 Å². The molecular formula is C15H20FN3O6S. The lowest BCUT2D eigenvalue weighted by Gasteiger charge is -2.25. The fourth-order valence-electron chi connectivity index (χ4n) is 3.03. The van der Waals surface area contributed by atoms with Gasteiger partial charge in [0.15, 0.2) is 0 Å². The molecule has 0 aromatic heterocycles. The number of nitrogens with zero attached hydrogens (tertiary/aromatic N) is 3. The minimum absolute atomic E-state index is 0.0898. The van der Waals surface area contributed by atoms with Crippen molar-refractivity contribution in [3.05, 3.63) is 34.1 Å². The van der Waals surface area contributed by atoms with E-state index in [-0.39, 0.29) is 25.7 Å². The number of carboxylic acids is 1. The summed E-state index contributed by atoms with van der Waals surface area (Å²) in [5, 5.41) is 19.5. The van der Waals surface area contributed by atoms with Crippen LogP contribution in [0.1, 0.15) is 19.3 Å². The van der Waals surface area contributed by atoms with Crippen LogP contribution in [0.3, 0.4) is 0 Å². The maximum absolute atomic E-state index is 14.1. The van der Waals surface area contributed by atoms with E-state index in [4.69, 9.17) is 5.11 Å². The molecule has 1 unspecified atom stereocenters. The number of non-ortho nitro benzene ring substituents is 1. The summed E-state index contributed by atoms with van der Waals surface area (Å²) in [4.78, 5) is 21.8. The highest BCUT2D eigenvalue weighted by molar-refractivity contribution is 7.89. The second kappa shape index (κ2) is 8.06. The number of hydrogen-bond acceptors (Lipinski definition) is 6. The third-order valence-electron chi connectivity index (χ3n) is 4.41. The van der Waals surface area contributed by atoms with Crippen molar-refractivity contribution in [3.63, 3.8) is 0 Å². The van der Waals surface area contributed by atoms with Crippen LogP contribution in [0.25, 0.3) is 0 Å². The van der Waals surface area contributed by atoms with E-state index < -0.39 is 37.3 Å². The van der Waals surface area contributed by atoms with E-state index in [9.17, 15) is 27.7 Å². The van der Waals surface area contributed by atoms with Crippen molar-refractivity contribution in [1.29, 1.82) is 0 Å². The smallest absolute Gasteiger partial charge is 0.317 e. The molecule has 1 fully saturated rings. The van der Waals surface area contributed by atoms with Gasteiger partial charge < -0.3 is 5.11 Å². The zero-order chi connectivity index (χ0) is 19.5. The summed E-state index contributed by atoms with van der Waals surface area (Å²) in [5.41, 5.74) is -0.521. The lowest BCUT2D eigenvalue weighted by Crippen LogP contribution is -2.37. The summed E-state index contributed by atoms with van der Waals surface area (Å²) in [7, 11) is -2.46. The van der Waals surface area contributed by atoms with E-state index in [1.165, 1.54) is 0 Å². The van der Waals surface area contributed by atoms with E-state index in [0.29, 0.717) is 25.3 Å². The van der Waals surface area contributed by atoms with Crippen LogP contribution in [0, 0.1) is 15.9 Å². The summed E-state index contributed by atoms with van der Waals surface area (Å²) in [6, 6.07) is 2.36. The summed E-state index contributed by atoms with van der Waals surface area (Å²) < 4.78 is 40.7. The molecule has 1 saturated heterocycles. The number of sulfonamides is 1. The lowest BCUT2D eigenvalue weighted by atomic mass is 10.1. The SMILES string of the molecule is CN(CC(=O)O)C1CCCN(S(=O)(=O)c2ccc([N+](=O)[O-])cc2F)CC1. The number of benzene rings is 1. The number of nitro groups is 1. The molecule has 1 heterocycles. The Balaban J connectivity index is 2.17. The number of carboxylic acid groups (broad SMARTS) is 1. The van der Waals surface area contributed by atoms with Gasteiger partial charge in [-0.1, -0.05) is 0 Å². The summed E-state index contributed by atoms with van der Waals surface area (Å²) in [5.74, 6) is -2.13. The molecule has 1 aliphatic rings. The van der Waals surface area contributed by atoms with E-state index >= 15 is 0 Å². The molecule has 0 bridgehead atoms. The first-order chi connectivity index (χ1) is 12.1. The average molecular weight is 389 g/mol. The molecule has 11 heteroatoms. The maximum Gasteiger partial charge on any atom is 0.317 e. The number of nitro benzene ring substituents is 1. The molecule has 144 valence electrons. The third kappa shape index (κ3) is 4.54. The van der Waals surface area contributed by atoms with Gasteiger partial charge >= 0.3 is 5.97 Å². The Hall–Kier alpha value is -2.11. The zero-order valence-corrected chi connectivity index (χ0v) is 15.0. The first-order valence-corrected chi connectivity index (χ1v) is 9.43. The van der Waals surface area contributed by atoms with E-state index in [1.54, 1.807) is 11.9 Å². The van der Waals surface area contributed by atoms with E-state index in [0.717, 1.165) is 16.4 Å². The van der Waals surface area contributed by atoms with Gasteiger partial charge in [-0.05, 0) is 32.4 Å². The molecule has 2 rings (SSSR count). The van der Waals surface area contributed by atoms with Gasteiger partial charge in [0.1, 0.15) is 10.7 Å². The number of aliphatic carboxylic acids is 1. The molecule has 0 aliphatic carbocycles. The van der Waals surface area contributed by atoms with Gasteiger partial charge in [-0.15, -0.1) is 0 Å². The van der Waals surface area contributed by atoms with Crippen LogP contribution in [0.2, 0.25) is 0 Å². The van der Waals surface area contributed by atoms with Gasteiger partial charge in [0.2, 0.25) is 10.0 Å². The van der Waals surface area contributed by atoms with Crippen molar-refractivity contribution in [2.45, 2.75) is 30.2 Å². The summed E-state index contributed by atoms with van der Waals surface area (Å²) in [6.45, 7) is 0.151. The Kier molecular flexibility index (Phi) is 6.26. The number of carbonyl (C=O) groups is 1. The van der Waals surface area contributed by atoms with Gasteiger partial charge in [-0.3, -0.25) is 19.8 Å². The van der Waals surface area contributed by atoms with Crippen LogP contribution >= 0.6 is 0 Å². The van der Waals surface area contributed by atoms with Crippen LogP contribution < -0.4 is 0 Å². The molecule has 9 nitrogen and oxygen atoms in total. The van der Waals surface area contributed by atoms with Gasteiger partial charge in [0.05, 0.1) is 17.5 Å². The molecular weight excluding hydrogens is 369 g/mol. The highest BCUT2D eigenvalue weighted by Gasteiger charge is 2.31. The standard InChI is InChI=1S/C15H20FN3O6S/c1-17(10-15(20)21)11-3-2-7-18(8-6-11)26(24,25)14-5-4-12(19(22)23)9-13(14)16/h4-5,9,11H,2-3,6-8,10H2,1H3,(H,20,21). The predicted molar refractivity (Wildman–Crippen MR) is 89.7 cm³/mol. The van der Waals surface area contributed by atoms with Gasteiger partial charge in [-0.25, -0.2) is 12.8 Å². The largest absolute Gasteiger partial charge is 0.480 e. The van der Waals surface area contributed by atoms with Crippen molar-refractivity contribution in [3.8, 4) is 0 Å². The highest BCUT2D eigenvalue weighted by atomic mass is 32.2. The molecule has 0 radical (unpaired) electrons. The molecule has 26 heavy (non-hydrogen) atoms. The van der Waals surface area contributed by atoms with Crippen molar-refractivity contribution >= 4 is 21.7 Å². The molecule has 1 N–H and O–H groups in total. The second-order valence-corrected chi connectivity index (χ2v) is 8.08. The molecule has 0 spiro atoms. The first-order valence-electron chi connectivity index (χ1n) is 7.99. The van der Waals surface area contributed by atoms with Gasteiger partial charge in [0.25, 0.3) is 5.69 Å². The normalized spacial score (nSPS) is 19.3. The van der Waals surface area contributed by atoms with Crippen LogP contribution in [0.5, 0.6) is 0 Å². The number of halogens is 1. The second-order valence-electron chi connectivity index (χ2n) is 6.17. The molecule has 1 aromatic rings. The van der Waals surface area contributed by atoms with Crippen LogP contribution in [0.15, 0.2) is 23.1 Å². The zero-order valence-electron chi connectivity index (χ0n) is 14.2. The van der Waals surface area contributed by atoms with Gasteiger partial charge in [0, 0.05) is 25.2 Å². The van der Waals surface area contributed by atoms with E-state index in [1.807, 2.05) is 0 Å². The van der Waals surface area contributed by atoms with Crippen molar-refractivity contribution in [2.24, 2.45) is 0 Å². The molecule has 1 atom stereocenters. The van der Waals surface area contributed by atoms with Crippen LogP contribution in [0.4, 0.5) is 10.1 Å². The average Bonchev–Trinajstić information content (AvgIpc) is 2.80. The maximum atomic E-state index is 14.1. The Morgan fingerprint density at radius 1 is 1.42 bits per heavy atom. The monoisotopic (exact) mass is 389 g/mol. The molecule has 0 saturated carbocycles. The fourth-order valence-corrected chi connectivity index (χ4v) is 4.57. The van der Waals surface area contributed by atoms with Crippen molar-refractivity contribution in [1.82, 2.24) is 9.21 Å². The minimum Gasteiger partial charge on any atom is -0.480 e. The Morgan fingerprint density at radius 3 is 2.69 bits per heavy atom. The Morgan fingerprint density at radius 2 is 2.12 bits per heavy atom. The number of rotatable bonds is 6. The first kappa shape index (κ1) is 20.2. The Labute approximate surface area is 150 Å². The molecule has 1 aromatic carbocycles. The van der Waals surface area contributed by atoms with Gasteiger partial charge in [-0.2, -0.15) is 4.31 Å². The predicted octanol–water partition coefficient (Wildman–Crippen LogP) is 1.29. The molecule has 0 amide bonds. The van der Waals surface area contributed by atoms with Crippen molar-refractivity contribution in [2.75, 3.05) is 26.7 Å². The lowest BCUT2D eigenvalue weighted by molar-refractivity contribution is -0.385. The fraction of sp³-hybridized carbons (Fsp3) is 0.533. The molecule has 1 aliphatic heterocycles. The number of hydrogen-bond donors (Lipinski definition) is 1. The third-order valence-corrected chi connectivity index (χ3v) is 6.34. The van der Waals surface area contributed by atoms with Crippen LogP contribution in [-0.4, -0.2) is 66.3 Å².